The lowest BCUT2D eigenvalue weighted by atomic mass is 10.1. The highest BCUT2D eigenvalue weighted by Gasteiger charge is 2.16. The van der Waals surface area contributed by atoms with Gasteiger partial charge in [-0.2, -0.15) is 0 Å². The molecule has 5 heteroatoms. The van der Waals surface area contributed by atoms with Gasteiger partial charge in [-0.1, -0.05) is 6.42 Å². The number of hydrogen-bond acceptors (Lipinski definition) is 5. The molecule has 0 amide bonds. The minimum Gasteiger partial charge on any atom is -0.504 e. The number of phenols is 2. The van der Waals surface area contributed by atoms with Gasteiger partial charge in [0, 0.05) is 18.0 Å². The van der Waals surface area contributed by atoms with Gasteiger partial charge in [-0.15, -0.1) is 0 Å². The fourth-order valence-electron chi connectivity index (χ4n) is 2.76. The van der Waals surface area contributed by atoms with Gasteiger partial charge in [0.05, 0.1) is 0 Å². The SMILES string of the molecule is O=c1cc(CN2CCCCC2)c2ccc(O)c(O)c2o1. The molecule has 5 nitrogen and oxygen atoms in total. The van der Waals surface area contributed by atoms with Crippen LogP contribution in [-0.4, -0.2) is 28.2 Å². The summed E-state index contributed by atoms with van der Waals surface area (Å²) in [4.78, 5) is 13.9. The van der Waals surface area contributed by atoms with Gasteiger partial charge in [-0.25, -0.2) is 4.79 Å². The summed E-state index contributed by atoms with van der Waals surface area (Å²) in [5.41, 5.74) is 0.378. The molecular formula is C15H17NO4. The molecule has 2 heterocycles. The van der Waals surface area contributed by atoms with Crippen LogP contribution in [0.25, 0.3) is 11.0 Å². The van der Waals surface area contributed by atoms with E-state index in [1.165, 1.54) is 31.4 Å². The Morgan fingerprint density at radius 2 is 1.90 bits per heavy atom. The lowest BCUT2D eigenvalue weighted by molar-refractivity contribution is 0.221. The highest BCUT2D eigenvalue weighted by molar-refractivity contribution is 5.87. The molecule has 0 aliphatic carbocycles. The Labute approximate surface area is 116 Å². The average Bonchev–Trinajstić information content (AvgIpc) is 2.44. The summed E-state index contributed by atoms with van der Waals surface area (Å²) >= 11 is 0. The van der Waals surface area contributed by atoms with E-state index in [2.05, 4.69) is 4.90 Å². The number of nitrogens with zero attached hydrogens (tertiary/aromatic N) is 1. The molecular weight excluding hydrogens is 258 g/mol. The Hall–Kier alpha value is -2.01. The molecule has 0 saturated carbocycles. The maximum atomic E-state index is 11.6. The molecule has 3 rings (SSSR count). The van der Waals surface area contributed by atoms with E-state index in [1.807, 2.05) is 0 Å². The summed E-state index contributed by atoms with van der Waals surface area (Å²) in [6.07, 6.45) is 3.60. The van der Waals surface area contributed by atoms with E-state index in [0.717, 1.165) is 18.7 Å². The normalized spacial score (nSPS) is 16.6. The first-order valence-electron chi connectivity index (χ1n) is 6.85. The van der Waals surface area contributed by atoms with Gasteiger partial charge in [0.15, 0.2) is 11.3 Å². The van der Waals surface area contributed by atoms with E-state index < -0.39 is 5.63 Å². The van der Waals surface area contributed by atoms with Crippen molar-refractivity contribution in [1.82, 2.24) is 4.90 Å². The van der Waals surface area contributed by atoms with Crippen LogP contribution in [0.2, 0.25) is 0 Å². The summed E-state index contributed by atoms with van der Waals surface area (Å²) in [5.74, 6) is -0.657. The monoisotopic (exact) mass is 275 g/mol. The van der Waals surface area contributed by atoms with Crippen molar-refractivity contribution in [3.63, 3.8) is 0 Å². The smallest absolute Gasteiger partial charge is 0.336 e. The third-order valence-electron chi connectivity index (χ3n) is 3.79. The summed E-state index contributed by atoms with van der Waals surface area (Å²) in [5, 5.41) is 20.0. The summed E-state index contributed by atoms with van der Waals surface area (Å²) in [6.45, 7) is 2.70. The predicted octanol–water partition coefficient (Wildman–Crippen LogP) is 2.19. The van der Waals surface area contributed by atoms with Crippen molar-refractivity contribution in [2.24, 2.45) is 0 Å². The van der Waals surface area contributed by atoms with Crippen LogP contribution in [0.1, 0.15) is 24.8 Å². The first-order valence-corrected chi connectivity index (χ1v) is 6.85. The number of likely N-dealkylation sites (tertiary alicyclic amines) is 1. The van der Waals surface area contributed by atoms with Crippen molar-refractivity contribution < 1.29 is 14.6 Å². The van der Waals surface area contributed by atoms with E-state index in [-0.39, 0.29) is 17.1 Å². The van der Waals surface area contributed by atoms with Crippen LogP contribution in [0.4, 0.5) is 0 Å². The zero-order valence-electron chi connectivity index (χ0n) is 11.1. The van der Waals surface area contributed by atoms with E-state index in [0.29, 0.717) is 11.9 Å². The van der Waals surface area contributed by atoms with Crippen molar-refractivity contribution >= 4 is 11.0 Å². The van der Waals surface area contributed by atoms with Crippen molar-refractivity contribution in [2.75, 3.05) is 13.1 Å². The van der Waals surface area contributed by atoms with Gasteiger partial charge in [0.25, 0.3) is 0 Å². The van der Waals surface area contributed by atoms with Gasteiger partial charge >= 0.3 is 5.63 Å². The summed E-state index contributed by atoms with van der Waals surface area (Å²) in [7, 11) is 0. The number of hydrogen-bond donors (Lipinski definition) is 2. The Balaban J connectivity index is 2.05. The molecule has 1 aromatic carbocycles. The number of piperidine rings is 1. The molecule has 0 spiro atoms. The highest BCUT2D eigenvalue weighted by Crippen LogP contribution is 2.34. The van der Waals surface area contributed by atoms with Gasteiger partial charge in [-0.05, 0) is 43.6 Å². The van der Waals surface area contributed by atoms with Gasteiger partial charge in [0.1, 0.15) is 0 Å². The van der Waals surface area contributed by atoms with E-state index in [1.54, 1.807) is 6.07 Å². The van der Waals surface area contributed by atoms with Gasteiger partial charge in [-0.3, -0.25) is 4.90 Å². The molecule has 0 unspecified atom stereocenters. The van der Waals surface area contributed by atoms with Crippen LogP contribution < -0.4 is 5.63 Å². The Bertz CT molecular complexity index is 686. The number of phenolic OH excluding ortho intramolecular Hbond substituents is 2. The third-order valence-corrected chi connectivity index (χ3v) is 3.79. The number of aromatic hydroxyl groups is 2. The molecule has 106 valence electrons. The largest absolute Gasteiger partial charge is 0.504 e. The number of benzene rings is 1. The minimum absolute atomic E-state index is 0.0597. The molecule has 1 aromatic heterocycles. The molecule has 1 saturated heterocycles. The zero-order valence-corrected chi connectivity index (χ0v) is 11.1. The van der Waals surface area contributed by atoms with Crippen LogP contribution in [0.3, 0.4) is 0 Å². The first kappa shape index (κ1) is 13.0. The number of rotatable bonds is 2. The van der Waals surface area contributed by atoms with Crippen molar-refractivity contribution in [2.45, 2.75) is 25.8 Å². The van der Waals surface area contributed by atoms with Crippen molar-refractivity contribution in [3.8, 4) is 11.5 Å². The van der Waals surface area contributed by atoms with Crippen molar-refractivity contribution in [3.05, 3.63) is 34.2 Å². The lowest BCUT2D eigenvalue weighted by Crippen LogP contribution is -2.29. The fraction of sp³-hybridized carbons (Fsp3) is 0.400. The lowest BCUT2D eigenvalue weighted by Gasteiger charge is -2.26. The molecule has 1 fully saturated rings. The molecule has 1 aliphatic rings. The Morgan fingerprint density at radius 1 is 1.15 bits per heavy atom. The zero-order chi connectivity index (χ0) is 14.1. The van der Waals surface area contributed by atoms with Crippen LogP contribution in [0.15, 0.2) is 27.4 Å². The Morgan fingerprint density at radius 3 is 2.65 bits per heavy atom. The third kappa shape index (κ3) is 2.36. The Kier molecular flexibility index (Phi) is 3.36. The fourth-order valence-corrected chi connectivity index (χ4v) is 2.76. The molecule has 1 aliphatic heterocycles. The molecule has 20 heavy (non-hydrogen) atoms. The second-order valence-electron chi connectivity index (χ2n) is 5.24. The summed E-state index contributed by atoms with van der Waals surface area (Å²) in [6, 6.07) is 4.55. The maximum absolute atomic E-state index is 11.6. The molecule has 2 N–H and O–H groups in total. The van der Waals surface area contributed by atoms with Gasteiger partial charge in [0.2, 0.25) is 5.75 Å². The second kappa shape index (κ2) is 5.17. The van der Waals surface area contributed by atoms with E-state index in [9.17, 15) is 15.0 Å². The quantitative estimate of drug-likeness (QED) is 0.649. The molecule has 0 atom stereocenters. The maximum Gasteiger partial charge on any atom is 0.336 e. The topological polar surface area (TPSA) is 73.9 Å². The van der Waals surface area contributed by atoms with Gasteiger partial charge < -0.3 is 14.6 Å². The van der Waals surface area contributed by atoms with Crippen molar-refractivity contribution in [1.29, 1.82) is 0 Å². The first-order chi connectivity index (χ1) is 9.65. The average molecular weight is 275 g/mol. The molecule has 2 aromatic rings. The van der Waals surface area contributed by atoms with Crippen LogP contribution in [-0.2, 0) is 6.54 Å². The van der Waals surface area contributed by atoms with E-state index in [4.69, 9.17) is 4.42 Å². The molecule has 0 bridgehead atoms. The van der Waals surface area contributed by atoms with Crippen LogP contribution >= 0.6 is 0 Å². The van der Waals surface area contributed by atoms with Crippen LogP contribution in [0.5, 0.6) is 11.5 Å². The van der Waals surface area contributed by atoms with E-state index >= 15 is 0 Å². The predicted molar refractivity (Wildman–Crippen MR) is 74.9 cm³/mol. The van der Waals surface area contributed by atoms with Crippen LogP contribution in [0, 0.1) is 0 Å². The second-order valence-corrected chi connectivity index (χ2v) is 5.24. The minimum atomic E-state index is -0.509. The summed E-state index contributed by atoms with van der Waals surface area (Å²) < 4.78 is 5.02. The highest BCUT2D eigenvalue weighted by atomic mass is 16.4. The molecule has 0 radical (unpaired) electrons. The number of fused-ring (bicyclic) bond motifs is 1. The standard InChI is InChI=1S/C15H17NO4/c17-12-5-4-11-10(9-16-6-2-1-3-7-16)8-13(18)20-15(11)14(12)19/h4-5,8,17,19H,1-3,6-7,9H2.